The van der Waals surface area contributed by atoms with Gasteiger partial charge in [0.05, 0.1) is 17.6 Å². The number of carboxylic acids is 1. The first kappa shape index (κ1) is 37.2. The van der Waals surface area contributed by atoms with E-state index >= 15 is 0 Å². The Morgan fingerprint density at radius 3 is 1.82 bits per heavy atom. The highest BCUT2D eigenvalue weighted by Crippen LogP contribution is 2.35. The minimum absolute atomic E-state index is 0.00402. The van der Waals surface area contributed by atoms with Crippen LogP contribution in [0.25, 0.3) is 0 Å². The van der Waals surface area contributed by atoms with Crippen molar-refractivity contribution in [3.63, 3.8) is 0 Å². The van der Waals surface area contributed by atoms with Crippen LogP contribution in [0.3, 0.4) is 0 Å². The maximum absolute atomic E-state index is 14.0. The summed E-state index contributed by atoms with van der Waals surface area (Å²) in [6, 6.07) is -1.37. The predicted molar refractivity (Wildman–Crippen MR) is 156 cm³/mol. The maximum Gasteiger partial charge on any atom is 0.306 e. The number of hydrogen-bond acceptors (Lipinski definition) is 8. The zero-order chi connectivity index (χ0) is 30.8. The molecule has 0 heterocycles. The summed E-state index contributed by atoms with van der Waals surface area (Å²) in [5.41, 5.74) is -3.34. The fourth-order valence-electron chi connectivity index (χ4n) is 4.34. The van der Waals surface area contributed by atoms with Gasteiger partial charge in [0.2, 0.25) is 0 Å². The van der Waals surface area contributed by atoms with E-state index in [-0.39, 0.29) is 49.3 Å². The van der Waals surface area contributed by atoms with Crippen molar-refractivity contribution in [1.29, 1.82) is 0 Å². The summed E-state index contributed by atoms with van der Waals surface area (Å²) in [7, 11) is 0. The molecule has 0 bridgehead atoms. The molecule has 0 fully saturated rings. The largest absolute Gasteiger partial charge is 0.481 e. The first-order chi connectivity index (χ1) is 17.6. The van der Waals surface area contributed by atoms with Crippen LogP contribution < -0.4 is 16.0 Å². The average molecular weight is 556 g/mol. The number of esters is 1. The lowest BCUT2D eigenvalue weighted by atomic mass is 9.68. The monoisotopic (exact) mass is 555 g/mol. The van der Waals surface area contributed by atoms with Gasteiger partial charge in [-0.2, -0.15) is 0 Å². The molecular formula is C30H57N3O6. The second kappa shape index (κ2) is 15.2. The number of nitrogens with one attached hydrogen (secondary N) is 3. The third-order valence-corrected chi connectivity index (χ3v) is 7.30. The van der Waals surface area contributed by atoms with Crippen LogP contribution in [0.1, 0.15) is 122 Å². The van der Waals surface area contributed by atoms with Crippen LogP contribution >= 0.6 is 0 Å². The van der Waals surface area contributed by atoms with Crippen LogP contribution in [0.2, 0.25) is 0 Å². The number of hydrogen-bond donors (Lipinski definition) is 4. The van der Waals surface area contributed by atoms with E-state index in [2.05, 4.69) is 22.9 Å². The molecule has 0 aromatic heterocycles. The lowest BCUT2D eigenvalue weighted by Gasteiger charge is -2.46. The maximum atomic E-state index is 14.0. The lowest BCUT2D eigenvalue weighted by Crippen LogP contribution is -2.65. The smallest absolute Gasteiger partial charge is 0.306 e. The molecule has 2 atom stereocenters. The van der Waals surface area contributed by atoms with Crippen LogP contribution in [0.15, 0.2) is 0 Å². The van der Waals surface area contributed by atoms with E-state index in [9.17, 15) is 24.3 Å². The van der Waals surface area contributed by atoms with E-state index in [1.165, 1.54) is 0 Å². The van der Waals surface area contributed by atoms with Gasteiger partial charge >= 0.3 is 11.9 Å². The molecule has 0 aromatic carbocycles. The van der Waals surface area contributed by atoms with Gasteiger partial charge in [0, 0.05) is 29.8 Å². The van der Waals surface area contributed by atoms with Crippen molar-refractivity contribution in [3.05, 3.63) is 0 Å². The molecule has 0 unspecified atom stereocenters. The average Bonchev–Trinajstić information content (AvgIpc) is 2.76. The van der Waals surface area contributed by atoms with Gasteiger partial charge in [-0.1, -0.05) is 41.0 Å². The van der Waals surface area contributed by atoms with Crippen LogP contribution in [0.4, 0.5) is 0 Å². The number of unbranched alkanes of at least 4 members (excludes halogenated alkanes) is 1. The van der Waals surface area contributed by atoms with Crippen molar-refractivity contribution in [2.24, 2.45) is 5.41 Å². The highest BCUT2D eigenvalue weighted by atomic mass is 16.6. The minimum Gasteiger partial charge on any atom is -0.481 e. The van der Waals surface area contributed by atoms with Crippen LogP contribution in [0, 0.1) is 5.41 Å². The van der Waals surface area contributed by atoms with Crippen molar-refractivity contribution in [1.82, 2.24) is 16.0 Å². The molecular weight excluding hydrogens is 498 g/mol. The Morgan fingerprint density at radius 1 is 0.821 bits per heavy atom. The summed E-state index contributed by atoms with van der Waals surface area (Å²) >= 11 is 0. The van der Waals surface area contributed by atoms with E-state index in [4.69, 9.17) is 4.74 Å². The number of rotatable bonds is 19. The summed E-state index contributed by atoms with van der Waals surface area (Å²) in [4.78, 5) is 51.4. The number of ketones is 2. The van der Waals surface area contributed by atoms with Crippen molar-refractivity contribution >= 4 is 23.5 Å². The fourth-order valence-corrected chi connectivity index (χ4v) is 4.34. The molecule has 0 radical (unpaired) electrons. The van der Waals surface area contributed by atoms with Crippen LogP contribution in [0.5, 0.6) is 0 Å². The van der Waals surface area contributed by atoms with Gasteiger partial charge in [0.25, 0.3) is 0 Å². The zero-order valence-electron chi connectivity index (χ0n) is 26.7. The van der Waals surface area contributed by atoms with E-state index in [0.29, 0.717) is 6.54 Å². The van der Waals surface area contributed by atoms with Crippen molar-refractivity contribution in [3.8, 4) is 0 Å². The van der Waals surface area contributed by atoms with Crippen LogP contribution in [-0.2, 0) is 23.9 Å². The molecule has 0 saturated carbocycles. The standard InChI is InChI=1S/C30H57N3O6/c1-13-14-19-31-29(9,10)26(38)22(15-17-23(34)35)33-30(11,12)28(7,8)25(37)21(32-20(2)3)16-18-24(36)39-27(4,5)6/h20-22,31-33H,13-19H2,1-12H3,(H,34,35)/t21-,22-/m0/s1. The molecule has 0 rings (SSSR count). The number of carbonyl (C=O) groups excluding carboxylic acids is 3. The lowest BCUT2D eigenvalue weighted by molar-refractivity contribution is -0.155. The Labute approximate surface area is 237 Å². The topological polar surface area (TPSA) is 134 Å². The third-order valence-electron chi connectivity index (χ3n) is 7.30. The van der Waals surface area contributed by atoms with Crippen molar-refractivity contribution in [2.75, 3.05) is 6.54 Å². The van der Waals surface area contributed by atoms with Gasteiger partial charge in [-0.3, -0.25) is 19.2 Å². The van der Waals surface area contributed by atoms with Gasteiger partial charge in [0.1, 0.15) is 5.60 Å². The Balaban J connectivity index is 5.98. The molecule has 0 aliphatic rings. The van der Waals surface area contributed by atoms with Gasteiger partial charge in [-0.15, -0.1) is 0 Å². The molecule has 0 saturated heterocycles. The molecule has 0 aliphatic carbocycles. The first-order valence-electron chi connectivity index (χ1n) is 14.4. The predicted octanol–water partition coefficient (Wildman–Crippen LogP) is 4.41. The van der Waals surface area contributed by atoms with Gasteiger partial charge in [-0.25, -0.2) is 0 Å². The molecule has 0 aliphatic heterocycles. The van der Waals surface area contributed by atoms with Gasteiger partial charge < -0.3 is 25.8 Å². The highest BCUT2D eigenvalue weighted by Gasteiger charge is 2.48. The third kappa shape index (κ3) is 12.9. The summed E-state index contributed by atoms with van der Waals surface area (Å²) < 4.78 is 5.44. The van der Waals surface area contributed by atoms with Gasteiger partial charge in [-0.05, 0) is 74.3 Å². The molecule has 228 valence electrons. The summed E-state index contributed by atoms with van der Waals surface area (Å²) in [6.07, 6.45) is 2.21. The molecule has 0 amide bonds. The van der Waals surface area contributed by atoms with E-state index < -0.39 is 40.1 Å². The number of aliphatic carboxylic acids is 1. The number of carboxylic acid groups (broad SMARTS) is 1. The first-order valence-corrected chi connectivity index (χ1v) is 14.4. The number of ether oxygens (including phenoxy) is 1. The highest BCUT2D eigenvalue weighted by molar-refractivity contribution is 5.93. The summed E-state index contributed by atoms with van der Waals surface area (Å²) in [6.45, 7) is 23.1. The van der Waals surface area contributed by atoms with E-state index in [1.807, 2.05) is 55.4 Å². The molecule has 9 heteroatoms. The molecule has 0 spiro atoms. The Bertz CT molecular complexity index is 827. The quantitative estimate of drug-likeness (QED) is 0.135. The van der Waals surface area contributed by atoms with Crippen molar-refractivity contribution in [2.45, 2.75) is 156 Å². The van der Waals surface area contributed by atoms with E-state index in [1.54, 1.807) is 20.8 Å². The number of Topliss-reactive ketones (excluding diaryl/α,β-unsaturated/α-hetero) is 2. The second-order valence-electron chi connectivity index (χ2n) is 13.5. The van der Waals surface area contributed by atoms with Crippen molar-refractivity contribution < 1.29 is 29.0 Å². The van der Waals surface area contributed by atoms with Crippen LogP contribution in [-0.4, -0.2) is 70.0 Å². The molecule has 0 aromatic rings. The summed E-state index contributed by atoms with van der Waals surface area (Å²) in [5.74, 6) is -1.58. The Morgan fingerprint density at radius 2 is 1.36 bits per heavy atom. The normalized spacial score (nSPS) is 14.7. The fraction of sp³-hybridized carbons (Fsp3) is 0.867. The van der Waals surface area contributed by atoms with Gasteiger partial charge in [0.15, 0.2) is 11.6 Å². The van der Waals surface area contributed by atoms with E-state index in [0.717, 1.165) is 12.8 Å². The minimum atomic E-state index is -0.983. The number of carbonyl (C=O) groups is 4. The summed E-state index contributed by atoms with van der Waals surface area (Å²) in [5, 5.41) is 19.3. The Hall–Kier alpha value is -1.84. The molecule has 39 heavy (non-hydrogen) atoms. The molecule has 9 nitrogen and oxygen atoms in total. The molecule has 4 N–H and O–H groups in total. The second-order valence-corrected chi connectivity index (χ2v) is 13.5. The SMILES string of the molecule is CCCCNC(C)(C)C(=O)[C@H](CCC(=O)O)NC(C)(C)C(C)(C)C(=O)[C@H](CCC(=O)OC(C)(C)C)NC(C)C. The zero-order valence-corrected chi connectivity index (χ0v) is 26.7. The Kier molecular flexibility index (Phi) is 14.5.